The molecular formula is C12H14BrN3O5. The van der Waals surface area contributed by atoms with E-state index in [-0.39, 0.29) is 18.8 Å². The summed E-state index contributed by atoms with van der Waals surface area (Å²) in [7, 11) is 0. The average molecular weight is 360 g/mol. The van der Waals surface area contributed by atoms with Crippen LogP contribution in [-0.4, -0.2) is 35.3 Å². The molecule has 0 saturated carbocycles. The van der Waals surface area contributed by atoms with Crippen LogP contribution < -0.4 is 5.32 Å². The third kappa shape index (κ3) is 4.22. The van der Waals surface area contributed by atoms with E-state index in [1.54, 1.807) is 6.92 Å². The van der Waals surface area contributed by atoms with Crippen LogP contribution in [0.2, 0.25) is 0 Å². The summed E-state index contributed by atoms with van der Waals surface area (Å²) in [6.45, 7) is 3.01. The van der Waals surface area contributed by atoms with Gasteiger partial charge in [0.1, 0.15) is 17.4 Å². The third-order valence-electron chi connectivity index (χ3n) is 2.65. The predicted molar refractivity (Wildman–Crippen MR) is 77.9 cm³/mol. The van der Waals surface area contributed by atoms with Crippen LogP contribution in [0.15, 0.2) is 16.7 Å². The molecule has 1 rings (SSSR count). The molecular weight excluding hydrogens is 346 g/mol. The number of esters is 1. The number of carbonyl (C=O) groups is 2. The average Bonchev–Trinajstić information content (AvgIpc) is 2.44. The number of rotatable bonds is 7. The second-order valence-electron chi connectivity index (χ2n) is 4.39. The van der Waals surface area contributed by atoms with Crippen molar-refractivity contribution in [1.82, 2.24) is 4.98 Å². The van der Waals surface area contributed by atoms with E-state index in [0.29, 0.717) is 10.8 Å². The van der Waals surface area contributed by atoms with E-state index in [4.69, 9.17) is 4.74 Å². The van der Waals surface area contributed by atoms with Gasteiger partial charge in [0, 0.05) is 6.54 Å². The molecule has 1 aromatic rings. The summed E-state index contributed by atoms with van der Waals surface area (Å²) in [6, 6.07) is 1.45. The molecule has 1 heterocycles. The molecule has 0 radical (unpaired) electrons. The lowest BCUT2D eigenvalue weighted by atomic mass is 9.93. The van der Waals surface area contributed by atoms with Gasteiger partial charge in [-0.25, -0.2) is 0 Å². The Morgan fingerprint density at radius 2 is 2.33 bits per heavy atom. The molecule has 21 heavy (non-hydrogen) atoms. The first kappa shape index (κ1) is 17.0. The third-order valence-corrected chi connectivity index (χ3v) is 3.09. The maximum Gasteiger partial charge on any atom is 0.386 e. The van der Waals surface area contributed by atoms with Crippen LogP contribution in [0.3, 0.4) is 0 Å². The number of aldehydes is 1. The molecule has 1 unspecified atom stereocenters. The van der Waals surface area contributed by atoms with E-state index in [2.05, 4.69) is 26.2 Å². The van der Waals surface area contributed by atoms with Crippen molar-refractivity contribution in [2.75, 3.05) is 18.5 Å². The second kappa shape index (κ2) is 7.11. The molecule has 0 aliphatic rings. The van der Waals surface area contributed by atoms with Crippen molar-refractivity contribution < 1.29 is 19.2 Å². The van der Waals surface area contributed by atoms with Gasteiger partial charge in [-0.1, -0.05) is 0 Å². The fourth-order valence-electron chi connectivity index (χ4n) is 1.44. The van der Waals surface area contributed by atoms with E-state index in [0.717, 1.165) is 0 Å². The van der Waals surface area contributed by atoms with E-state index in [1.165, 1.54) is 19.2 Å². The van der Waals surface area contributed by atoms with Crippen molar-refractivity contribution in [2.24, 2.45) is 5.41 Å². The second-order valence-corrected chi connectivity index (χ2v) is 5.31. The summed E-state index contributed by atoms with van der Waals surface area (Å²) in [5.74, 6) is -1.09. The summed E-state index contributed by atoms with van der Waals surface area (Å²) in [5.41, 5.74) is -1.33. The number of hydrogen-bond acceptors (Lipinski definition) is 7. The quantitative estimate of drug-likeness (QED) is 0.260. The van der Waals surface area contributed by atoms with E-state index in [1.807, 2.05) is 0 Å². The molecule has 0 saturated heterocycles. The topological polar surface area (TPSA) is 111 Å². The normalized spacial score (nSPS) is 13.1. The van der Waals surface area contributed by atoms with Crippen molar-refractivity contribution in [3.63, 3.8) is 0 Å². The molecule has 0 amide bonds. The number of ether oxygens (including phenoxy) is 1. The molecule has 0 fully saturated rings. The molecule has 0 bridgehead atoms. The largest absolute Gasteiger partial charge is 0.465 e. The molecule has 8 nitrogen and oxygen atoms in total. The van der Waals surface area contributed by atoms with Crippen LogP contribution >= 0.6 is 15.9 Å². The summed E-state index contributed by atoms with van der Waals surface area (Å²) in [5, 5.41) is 13.6. The fraction of sp³-hybridized carbons (Fsp3) is 0.417. The van der Waals surface area contributed by atoms with E-state index >= 15 is 0 Å². The number of anilines is 1. The lowest BCUT2D eigenvalue weighted by Gasteiger charge is -2.21. The highest BCUT2D eigenvalue weighted by Gasteiger charge is 2.35. The van der Waals surface area contributed by atoms with Gasteiger partial charge in [-0.15, -0.1) is 0 Å². The first-order valence-electron chi connectivity index (χ1n) is 6.01. The van der Waals surface area contributed by atoms with Gasteiger partial charge in [0.05, 0.1) is 11.1 Å². The Bertz CT molecular complexity index is 566. The lowest BCUT2D eigenvalue weighted by molar-refractivity contribution is -0.388. The number of nitrogens with zero attached hydrogens (tertiary/aromatic N) is 2. The highest BCUT2D eigenvalue weighted by molar-refractivity contribution is 9.10. The molecule has 0 aliphatic carbocycles. The Kier molecular flexibility index (Phi) is 5.77. The summed E-state index contributed by atoms with van der Waals surface area (Å²) in [4.78, 5) is 36.8. The number of pyridine rings is 1. The zero-order valence-electron chi connectivity index (χ0n) is 11.5. The summed E-state index contributed by atoms with van der Waals surface area (Å²) < 4.78 is 5.35. The van der Waals surface area contributed by atoms with Crippen LogP contribution in [0.25, 0.3) is 0 Å². The highest BCUT2D eigenvalue weighted by Crippen LogP contribution is 2.26. The molecule has 0 aromatic carbocycles. The van der Waals surface area contributed by atoms with Gasteiger partial charge in [0.15, 0.2) is 6.20 Å². The Morgan fingerprint density at radius 3 is 2.86 bits per heavy atom. The van der Waals surface area contributed by atoms with Crippen LogP contribution in [-0.2, 0) is 14.3 Å². The number of carbonyl (C=O) groups excluding carboxylic acids is 2. The number of nitro groups is 1. The molecule has 9 heteroatoms. The summed E-state index contributed by atoms with van der Waals surface area (Å²) in [6.07, 6.45) is 1.74. The minimum atomic E-state index is -1.44. The van der Waals surface area contributed by atoms with E-state index in [9.17, 15) is 19.7 Å². The molecule has 0 aliphatic heterocycles. The fourth-order valence-corrected chi connectivity index (χ4v) is 1.78. The number of halogens is 1. The molecule has 114 valence electrons. The van der Waals surface area contributed by atoms with Crippen LogP contribution in [0.4, 0.5) is 11.5 Å². The van der Waals surface area contributed by atoms with Crippen molar-refractivity contribution in [1.29, 1.82) is 0 Å². The molecule has 0 spiro atoms. The Labute approximate surface area is 129 Å². The van der Waals surface area contributed by atoms with Gasteiger partial charge in [0.25, 0.3) is 0 Å². The molecule has 1 aromatic heterocycles. The highest BCUT2D eigenvalue weighted by atomic mass is 79.9. The number of hydrogen-bond donors (Lipinski definition) is 1. The summed E-state index contributed by atoms with van der Waals surface area (Å²) >= 11 is 3.15. The van der Waals surface area contributed by atoms with E-state index < -0.39 is 22.1 Å². The zero-order valence-corrected chi connectivity index (χ0v) is 13.0. The smallest absolute Gasteiger partial charge is 0.386 e. The van der Waals surface area contributed by atoms with Crippen molar-refractivity contribution in [3.8, 4) is 0 Å². The standard InChI is InChI=1S/C12H14BrN3O5/c1-3-21-11(18)12(2,7-17)6-15-9-4-8(13)5-14-10(9)16(19)20/h4-5,7,15H,3,6H2,1-2H3. The van der Waals surface area contributed by atoms with Gasteiger partial charge in [0.2, 0.25) is 0 Å². The van der Waals surface area contributed by atoms with Crippen LogP contribution in [0, 0.1) is 15.5 Å². The minimum Gasteiger partial charge on any atom is -0.465 e. The lowest BCUT2D eigenvalue weighted by Crippen LogP contribution is -2.38. The minimum absolute atomic E-state index is 0.103. The number of aromatic nitrogens is 1. The SMILES string of the molecule is CCOC(=O)C(C)(C=O)CNc1cc(Br)cnc1[N+](=O)[O-]. The Balaban J connectivity index is 2.96. The van der Waals surface area contributed by atoms with Gasteiger partial charge < -0.3 is 25.0 Å². The first-order valence-corrected chi connectivity index (χ1v) is 6.80. The molecule has 1 N–H and O–H groups in total. The van der Waals surface area contributed by atoms with Crippen LogP contribution in [0.5, 0.6) is 0 Å². The van der Waals surface area contributed by atoms with Crippen LogP contribution in [0.1, 0.15) is 13.8 Å². The van der Waals surface area contributed by atoms with Crippen molar-refractivity contribution in [2.45, 2.75) is 13.8 Å². The first-order chi connectivity index (χ1) is 9.84. The van der Waals surface area contributed by atoms with Gasteiger partial charge >= 0.3 is 11.8 Å². The van der Waals surface area contributed by atoms with Crippen molar-refractivity contribution >= 4 is 39.7 Å². The number of nitrogens with one attached hydrogen (secondary N) is 1. The maximum absolute atomic E-state index is 11.8. The zero-order chi connectivity index (χ0) is 16.0. The predicted octanol–water partition coefficient (Wildman–Crippen LogP) is 1.93. The Hall–Kier alpha value is -2.03. The maximum atomic E-state index is 11.8. The Morgan fingerprint density at radius 1 is 1.67 bits per heavy atom. The van der Waals surface area contributed by atoms with Gasteiger partial charge in [-0.05, 0) is 45.8 Å². The van der Waals surface area contributed by atoms with Gasteiger partial charge in [-0.2, -0.15) is 0 Å². The monoisotopic (exact) mass is 359 g/mol. The van der Waals surface area contributed by atoms with Crippen molar-refractivity contribution in [3.05, 3.63) is 26.9 Å². The molecule has 1 atom stereocenters. The van der Waals surface area contributed by atoms with Gasteiger partial charge in [-0.3, -0.25) is 4.79 Å².